The molecule has 2 aliphatic rings. The van der Waals surface area contributed by atoms with Crippen LogP contribution >= 0.6 is 15.9 Å². The van der Waals surface area contributed by atoms with Gasteiger partial charge in [0, 0.05) is 12.1 Å². The Morgan fingerprint density at radius 2 is 2.05 bits per heavy atom. The van der Waals surface area contributed by atoms with Crippen molar-refractivity contribution in [3.05, 3.63) is 34.1 Å². The van der Waals surface area contributed by atoms with Crippen LogP contribution < -0.4 is 5.73 Å². The number of halogens is 2. The summed E-state index contributed by atoms with van der Waals surface area (Å²) in [6.45, 7) is 1.81. The lowest BCUT2D eigenvalue weighted by Crippen LogP contribution is -2.37. The molecule has 0 aromatic heterocycles. The van der Waals surface area contributed by atoms with E-state index in [1.807, 2.05) is 6.07 Å². The van der Waals surface area contributed by atoms with Gasteiger partial charge in [0.25, 0.3) is 0 Å². The average Bonchev–Trinajstić information content (AvgIpc) is 3.26. The van der Waals surface area contributed by atoms with Gasteiger partial charge in [-0.3, -0.25) is 4.90 Å². The Hall–Kier alpha value is -0.450. The summed E-state index contributed by atoms with van der Waals surface area (Å²) in [5.41, 5.74) is 7.11. The van der Waals surface area contributed by atoms with E-state index in [2.05, 4.69) is 26.9 Å². The minimum Gasteiger partial charge on any atom is -0.330 e. The lowest BCUT2D eigenvalue weighted by Gasteiger charge is -2.35. The van der Waals surface area contributed by atoms with E-state index >= 15 is 0 Å². The third-order valence-electron chi connectivity index (χ3n) is 4.65. The Kier molecular flexibility index (Phi) is 4.43. The summed E-state index contributed by atoms with van der Waals surface area (Å²) in [7, 11) is 0. The quantitative estimate of drug-likeness (QED) is 0.905. The molecule has 1 saturated heterocycles. The van der Waals surface area contributed by atoms with Gasteiger partial charge in [0.05, 0.1) is 4.47 Å². The fourth-order valence-electron chi connectivity index (χ4n) is 3.49. The van der Waals surface area contributed by atoms with Crippen LogP contribution in [0.25, 0.3) is 0 Å². The van der Waals surface area contributed by atoms with Gasteiger partial charge in [0.15, 0.2) is 0 Å². The molecule has 1 aliphatic heterocycles. The molecule has 1 aromatic carbocycles. The van der Waals surface area contributed by atoms with E-state index in [0.29, 0.717) is 23.0 Å². The summed E-state index contributed by atoms with van der Waals surface area (Å²) >= 11 is 3.24. The third kappa shape index (κ3) is 2.92. The smallest absolute Gasteiger partial charge is 0.137 e. The van der Waals surface area contributed by atoms with Gasteiger partial charge >= 0.3 is 0 Å². The van der Waals surface area contributed by atoms with E-state index in [1.165, 1.54) is 25.7 Å². The van der Waals surface area contributed by atoms with Crippen LogP contribution in [0.15, 0.2) is 22.7 Å². The fourth-order valence-corrected chi connectivity index (χ4v) is 3.74. The molecule has 1 aliphatic carbocycles. The fraction of sp³-hybridized carbons (Fsp3) is 0.625. The van der Waals surface area contributed by atoms with Gasteiger partial charge in [0.2, 0.25) is 0 Å². The lowest BCUT2D eigenvalue weighted by molar-refractivity contribution is 0.149. The maximum Gasteiger partial charge on any atom is 0.137 e. The van der Waals surface area contributed by atoms with Gasteiger partial charge in [-0.2, -0.15) is 0 Å². The SMILES string of the molecule is NCC1CCCCN(C2CC2)C1c1ccc(Br)c(F)c1. The molecule has 3 rings (SSSR count). The maximum absolute atomic E-state index is 13.9. The molecule has 2 N–H and O–H groups in total. The Balaban J connectivity index is 1.95. The molecule has 0 bridgehead atoms. The summed E-state index contributed by atoms with van der Waals surface area (Å²) in [5.74, 6) is 0.275. The molecule has 1 heterocycles. The molecular weight excluding hydrogens is 319 g/mol. The second-order valence-corrected chi connectivity index (χ2v) is 6.93. The van der Waals surface area contributed by atoms with E-state index in [-0.39, 0.29) is 11.9 Å². The van der Waals surface area contributed by atoms with Crippen LogP contribution in [0.3, 0.4) is 0 Å². The number of hydrogen-bond acceptors (Lipinski definition) is 2. The van der Waals surface area contributed by atoms with Crippen LogP contribution in [0, 0.1) is 11.7 Å². The minimum absolute atomic E-state index is 0.168. The first-order chi connectivity index (χ1) is 9.70. The van der Waals surface area contributed by atoms with Crippen molar-refractivity contribution in [2.75, 3.05) is 13.1 Å². The summed E-state index contributed by atoms with van der Waals surface area (Å²) in [6.07, 6.45) is 6.20. The van der Waals surface area contributed by atoms with Gasteiger partial charge in [0.1, 0.15) is 5.82 Å². The molecule has 0 amide bonds. The second-order valence-electron chi connectivity index (χ2n) is 6.08. The Morgan fingerprint density at radius 1 is 1.25 bits per heavy atom. The zero-order valence-electron chi connectivity index (χ0n) is 11.7. The number of hydrogen-bond donors (Lipinski definition) is 1. The Morgan fingerprint density at radius 3 is 2.70 bits per heavy atom. The summed E-state index contributed by atoms with van der Waals surface area (Å²) in [4.78, 5) is 2.59. The van der Waals surface area contributed by atoms with Gasteiger partial charge in [-0.1, -0.05) is 12.5 Å². The zero-order chi connectivity index (χ0) is 14.1. The van der Waals surface area contributed by atoms with E-state index in [4.69, 9.17) is 5.73 Å². The predicted molar refractivity (Wildman–Crippen MR) is 83.0 cm³/mol. The van der Waals surface area contributed by atoms with E-state index in [1.54, 1.807) is 6.07 Å². The Labute approximate surface area is 128 Å². The third-order valence-corrected chi connectivity index (χ3v) is 5.29. The number of rotatable bonds is 3. The zero-order valence-corrected chi connectivity index (χ0v) is 13.3. The minimum atomic E-state index is -0.168. The number of nitrogens with zero attached hydrogens (tertiary/aromatic N) is 1. The summed E-state index contributed by atoms with van der Waals surface area (Å²) in [6, 6.07) is 6.56. The van der Waals surface area contributed by atoms with Crippen molar-refractivity contribution < 1.29 is 4.39 Å². The monoisotopic (exact) mass is 340 g/mol. The molecule has 2 fully saturated rings. The van der Waals surface area contributed by atoms with Crippen LogP contribution in [-0.2, 0) is 0 Å². The van der Waals surface area contributed by atoms with Crippen molar-refractivity contribution in [1.82, 2.24) is 4.90 Å². The van der Waals surface area contributed by atoms with E-state index in [0.717, 1.165) is 18.5 Å². The lowest BCUT2D eigenvalue weighted by atomic mass is 9.89. The molecule has 0 radical (unpaired) electrons. The molecule has 2 nitrogen and oxygen atoms in total. The summed E-state index contributed by atoms with van der Waals surface area (Å²) < 4.78 is 14.5. The highest BCUT2D eigenvalue weighted by molar-refractivity contribution is 9.10. The molecule has 110 valence electrons. The van der Waals surface area contributed by atoms with Crippen molar-refractivity contribution >= 4 is 15.9 Å². The Bertz CT molecular complexity index is 476. The first-order valence-electron chi connectivity index (χ1n) is 7.61. The van der Waals surface area contributed by atoms with Crippen molar-refractivity contribution in [3.63, 3.8) is 0 Å². The van der Waals surface area contributed by atoms with Gasteiger partial charge in [-0.15, -0.1) is 0 Å². The first-order valence-corrected chi connectivity index (χ1v) is 8.40. The largest absolute Gasteiger partial charge is 0.330 e. The van der Waals surface area contributed by atoms with Crippen molar-refractivity contribution in [1.29, 1.82) is 0 Å². The van der Waals surface area contributed by atoms with Gasteiger partial charge in [-0.05, 0) is 78.3 Å². The maximum atomic E-state index is 13.9. The normalized spacial score (nSPS) is 28.4. The van der Waals surface area contributed by atoms with Crippen LogP contribution in [0.4, 0.5) is 4.39 Å². The second kappa shape index (κ2) is 6.12. The highest BCUT2D eigenvalue weighted by Crippen LogP contribution is 2.42. The number of nitrogens with two attached hydrogens (primary N) is 1. The highest BCUT2D eigenvalue weighted by atomic mass is 79.9. The molecule has 4 heteroatoms. The molecule has 1 saturated carbocycles. The van der Waals surface area contributed by atoms with Crippen LogP contribution in [-0.4, -0.2) is 24.0 Å². The predicted octanol–water partition coefficient (Wildman–Crippen LogP) is 3.85. The molecule has 0 spiro atoms. The molecule has 2 unspecified atom stereocenters. The summed E-state index contributed by atoms with van der Waals surface area (Å²) in [5, 5.41) is 0. The highest BCUT2D eigenvalue weighted by Gasteiger charge is 2.38. The van der Waals surface area contributed by atoms with E-state index in [9.17, 15) is 4.39 Å². The van der Waals surface area contributed by atoms with Gasteiger partial charge in [-0.25, -0.2) is 4.39 Å². The van der Waals surface area contributed by atoms with Crippen LogP contribution in [0.2, 0.25) is 0 Å². The molecule has 1 aromatic rings. The van der Waals surface area contributed by atoms with Crippen LogP contribution in [0.1, 0.15) is 43.7 Å². The number of likely N-dealkylation sites (tertiary alicyclic amines) is 1. The average molecular weight is 341 g/mol. The van der Waals surface area contributed by atoms with Crippen molar-refractivity contribution in [2.24, 2.45) is 11.7 Å². The van der Waals surface area contributed by atoms with Gasteiger partial charge < -0.3 is 5.73 Å². The number of benzene rings is 1. The molecule has 20 heavy (non-hydrogen) atoms. The van der Waals surface area contributed by atoms with Crippen LogP contribution in [0.5, 0.6) is 0 Å². The first kappa shape index (κ1) is 14.5. The molecular formula is C16H22BrFN2. The topological polar surface area (TPSA) is 29.3 Å². The standard InChI is InChI=1S/C16H22BrFN2/c17-14-7-4-11(9-15(14)18)16-12(10-19)3-1-2-8-20(16)13-5-6-13/h4,7,9,12-13,16H,1-3,5-6,8,10,19H2. The van der Waals surface area contributed by atoms with E-state index < -0.39 is 0 Å². The van der Waals surface area contributed by atoms with Crippen molar-refractivity contribution in [3.8, 4) is 0 Å². The van der Waals surface area contributed by atoms with Crippen molar-refractivity contribution in [2.45, 2.75) is 44.2 Å². The molecule has 2 atom stereocenters.